The van der Waals surface area contributed by atoms with Crippen LogP contribution in [0, 0.1) is 6.92 Å². The minimum absolute atomic E-state index is 0.0908. The zero-order chi connectivity index (χ0) is 32.9. The molecule has 0 fully saturated rings. The molecule has 1 atom stereocenters. The van der Waals surface area contributed by atoms with E-state index in [-0.39, 0.29) is 5.41 Å². The van der Waals surface area contributed by atoms with Gasteiger partial charge < -0.3 is 4.90 Å². The zero-order valence-corrected chi connectivity index (χ0v) is 29.5. The van der Waals surface area contributed by atoms with Crippen molar-refractivity contribution in [2.24, 2.45) is 0 Å². The van der Waals surface area contributed by atoms with Gasteiger partial charge in [-0.05, 0) is 120 Å². The van der Waals surface area contributed by atoms with Crippen LogP contribution in [-0.2, 0) is 24.7 Å². The van der Waals surface area contributed by atoms with E-state index in [1.54, 1.807) is 27.8 Å². The summed E-state index contributed by atoms with van der Waals surface area (Å²) < 4.78 is 0. The van der Waals surface area contributed by atoms with Gasteiger partial charge in [0, 0.05) is 23.8 Å². The molecule has 48 heavy (non-hydrogen) atoms. The number of hydrogen-bond donors (Lipinski definition) is 0. The lowest BCUT2D eigenvalue weighted by Gasteiger charge is -2.33. The van der Waals surface area contributed by atoms with Gasteiger partial charge in [0.05, 0.1) is 0 Å². The van der Waals surface area contributed by atoms with Gasteiger partial charge in [-0.1, -0.05) is 142 Å². The van der Waals surface area contributed by atoms with E-state index in [1.807, 2.05) is 0 Å². The average molecular weight is 632 g/mol. The molecule has 0 radical (unpaired) electrons. The lowest BCUT2D eigenvalue weighted by molar-refractivity contribution is 0.400. The number of anilines is 2. The monoisotopic (exact) mass is 631 g/mol. The molecule has 5 aromatic carbocycles. The molecule has 1 unspecified atom stereocenters. The molecular formula is C47H53N. The molecular weight excluding hydrogens is 579 g/mol. The Hall–Kier alpha value is -4.10. The molecule has 0 saturated heterocycles. The van der Waals surface area contributed by atoms with Crippen LogP contribution in [-0.4, -0.2) is 7.05 Å². The minimum atomic E-state index is 0.0908. The second kappa shape index (κ2) is 14.6. The Morgan fingerprint density at radius 3 is 1.92 bits per heavy atom. The van der Waals surface area contributed by atoms with Crippen LogP contribution in [0.25, 0.3) is 22.3 Å². The predicted octanol–water partition coefficient (Wildman–Crippen LogP) is 13.0. The highest BCUT2D eigenvalue weighted by atomic mass is 15.1. The Labute approximate surface area is 290 Å². The van der Waals surface area contributed by atoms with E-state index in [1.165, 1.54) is 123 Å². The van der Waals surface area contributed by atoms with Gasteiger partial charge in [-0.3, -0.25) is 0 Å². The summed E-state index contributed by atoms with van der Waals surface area (Å²) in [6.45, 7) is 4.47. The highest BCUT2D eigenvalue weighted by Gasteiger charge is 2.42. The van der Waals surface area contributed by atoms with Gasteiger partial charge in [0.25, 0.3) is 0 Å². The lowest BCUT2D eigenvalue weighted by atomic mass is 9.70. The van der Waals surface area contributed by atoms with Crippen molar-refractivity contribution < 1.29 is 0 Å². The topological polar surface area (TPSA) is 3.24 Å². The van der Waals surface area contributed by atoms with Gasteiger partial charge in [-0.2, -0.15) is 0 Å². The highest BCUT2D eigenvalue weighted by Crippen LogP contribution is 2.55. The third-order valence-electron chi connectivity index (χ3n) is 11.5. The summed E-state index contributed by atoms with van der Waals surface area (Å²) in [4.78, 5) is 2.38. The van der Waals surface area contributed by atoms with Crippen molar-refractivity contribution in [1.29, 1.82) is 0 Å². The third kappa shape index (κ3) is 6.62. The maximum Gasteiger partial charge on any atom is 0.0411 e. The van der Waals surface area contributed by atoms with Crippen molar-refractivity contribution in [3.8, 4) is 22.3 Å². The molecule has 2 aliphatic carbocycles. The van der Waals surface area contributed by atoms with E-state index in [0.717, 1.165) is 0 Å². The summed E-state index contributed by atoms with van der Waals surface area (Å²) in [6.07, 6.45) is 16.7. The van der Waals surface area contributed by atoms with Crippen LogP contribution in [0.3, 0.4) is 0 Å². The number of unbranched alkanes of at least 4 members (excludes halogenated alkanes) is 6. The zero-order valence-electron chi connectivity index (χ0n) is 29.5. The smallest absolute Gasteiger partial charge is 0.0411 e. The molecule has 0 saturated carbocycles. The minimum Gasteiger partial charge on any atom is -0.345 e. The molecule has 5 aromatic rings. The normalized spacial score (nSPS) is 15.8. The van der Waals surface area contributed by atoms with Crippen LogP contribution in [0.4, 0.5) is 11.4 Å². The van der Waals surface area contributed by atoms with Gasteiger partial charge in [-0.15, -0.1) is 0 Å². The Morgan fingerprint density at radius 2 is 1.21 bits per heavy atom. The van der Waals surface area contributed by atoms with E-state index in [4.69, 9.17) is 0 Å². The average Bonchev–Trinajstić information content (AvgIpc) is 3.38. The number of rotatable bonds is 15. The van der Waals surface area contributed by atoms with Gasteiger partial charge in [0.15, 0.2) is 0 Å². The van der Waals surface area contributed by atoms with Gasteiger partial charge in [0.2, 0.25) is 0 Å². The Morgan fingerprint density at radius 1 is 0.562 bits per heavy atom. The number of aryl methyl sites for hydroxylation is 4. The van der Waals surface area contributed by atoms with Crippen LogP contribution < -0.4 is 4.90 Å². The fraction of sp³-hybridized carbons (Fsp3) is 0.362. The molecule has 0 amide bonds. The maximum absolute atomic E-state index is 2.55. The molecule has 0 N–H and O–H groups in total. The Kier molecular flexibility index (Phi) is 9.85. The van der Waals surface area contributed by atoms with E-state index < -0.39 is 0 Å². The van der Waals surface area contributed by atoms with Gasteiger partial charge in [0.1, 0.15) is 0 Å². The molecule has 246 valence electrons. The van der Waals surface area contributed by atoms with E-state index in [2.05, 4.69) is 135 Å². The summed E-state index contributed by atoms with van der Waals surface area (Å²) in [5.41, 5.74) is 17.2. The molecule has 0 heterocycles. The van der Waals surface area contributed by atoms with Crippen LogP contribution in [0.5, 0.6) is 0 Å². The summed E-state index contributed by atoms with van der Waals surface area (Å²) >= 11 is 0. The summed E-state index contributed by atoms with van der Waals surface area (Å²) in [7, 11) is 2.23. The predicted molar refractivity (Wildman–Crippen MR) is 207 cm³/mol. The summed E-state index contributed by atoms with van der Waals surface area (Å²) in [5.74, 6) is 0. The van der Waals surface area contributed by atoms with Crippen molar-refractivity contribution in [2.75, 3.05) is 11.9 Å². The Balaban J connectivity index is 1.11. The first kappa shape index (κ1) is 32.4. The van der Waals surface area contributed by atoms with Crippen molar-refractivity contribution >= 4 is 11.4 Å². The van der Waals surface area contributed by atoms with E-state index >= 15 is 0 Å². The van der Waals surface area contributed by atoms with Crippen molar-refractivity contribution in [3.05, 3.63) is 143 Å². The van der Waals surface area contributed by atoms with Crippen molar-refractivity contribution in [2.45, 2.75) is 103 Å². The number of benzene rings is 5. The van der Waals surface area contributed by atoms with Crippen molar-refractivity contribution in [1.82, 2.24) is 0 Å². The van der Waals surface area contributed by atoms with Crippen LogP contribution in [0.2, 0.25) is 0 Å². The molecule has 0 spiro atoms. The van der Waals surface area contributed by atoms with Gasteiger partial charge in [-0.25, -0.2) is 0 Å². The molecule has 2 aliphatic rings. The summed E-state index contributed by atoms with van der Waals surface area (Å²) in [6, 6.07) is 41.8. The second-order valence-electron chi connectivity index (χ2n) is 14.7. The molecule has 1 heteroatoms. The molecule has 0 aliphatic heterocycles. The quantitative estimate of drug-likeness (QED) is 0.104. The lowest BCUT2D eigenvalue weighted by Crippen LogP contribution is -2.26. The fourth-order valence-electron chi connectivity index (χ4n) is 8.46. The largest absolute Gasteiger partial charge is 0.345 e. The first-order chi connectivity index (χ1) is 23.6. The van der Waals surface area contributed by atoms with Gasteiger partial charge >= 0.3 is 0 Å². The second-order valence-corrected chi connectivity index (χ2v) is 14.7. The highest BCUT2D eigenvalue weighted by molar-refractivity contribution is 5.83. The first-order valence-electron chi connectivity index (χ1n) is 18.8. The van der Waals surface area contributed by atoms with Crippen LogP contribution >= 0.6 is 0 Å². The fourth-order valence-corrected chi connectivity index (χ4v) is 8.46. The molecule has 1 nitrogen and oxygen atoms in total. The van der Waals surface area contributed by atoms with Crippen LogP contribution in [0.1, 0.15) is 105 Å². The number of nitrogens with zero attached hydrogens (tertiary/aromatic N) is 1. The SMILES string of the molecule is CCCCCCC1(CCCCCCc2ccc3c(c2)CC3)c2ccccc2-c2ccc(N(C)c3ccc(-c4ccc(C)cc4)cc3)cc21. The Bertz CT molecular complexity index is 1830. The van der Waals surface area contributed by atoms with E-state index in [0.29, 0.717) is 0 Å². The summed E-state index contributed by atoms with van der Waals surface area (Å²) in [5, 5.41) is 0. The first-order valence-corrected chi connectivity index (χ1v) is 18.8. The number of fused-ring (bicyclic) bond motifs is 4. The third-order valence-corrected chi connectivity index (χ3v) is 11.5. The van der Waals surface area contributed by atoms with Crippen molar-refractivity contribution in [3.63, 3.8) is 0 Å². The van der Waals surface area contributed by atoms with E-state index in [9.17, 15) is 0 Å². The maximum atomic E-state index is 2.55. The van der Waals surface area contributed by atoms with Crippen LogP contribution in [0.15, 0.2) is 109 Å². The standard InChI is InChI=1S/C47H53N/c1-4-5-6-12-31-47(32-13-8-7-9-14-36-19-22-39-23-24-40(39)33-36)45-16-11-10-15-43(45)44-30-29-42(34-46(44)47)48(3)41-27-25-38(26-28-41)37-20-17-35(2)18-21-37/h10-11,15-22,25-30,33-34H,4-9,12-14,23-24,31-32H2,1-3H3. The number of hydrogen-bond acceptors (Lipinski definition) is 1. The molecule has 0 aromatic heterocycles. The molecule has 0 bridgehead atoms. The molecule has 7 rings (SSSR count).